The number of rotatable bonds is 13. The zero-order valence-electron chi connectivity index (χ0n) is 28.1. The van der Waals surface area contributed by atoms with Crippen molar-refractivity contribution in [2.75, 3.05) is 39.5 Å². The molecule has 274 valence electrons. The number of aliphatic hydroxyl groups excluding tert-OH is 5. The highest BCUT2D eigenvalue weighted by Crippen LogP contribution is 2.36. The first-order valence-electron chi connectivity index (χ1n) is 18.6. The lowest BCUT2D eigenvalue weighted by Crippen LogP contribution is -2.40. The minimum absolute atomic E-state index is 0. The summed E-state index contributed by atoms with van der Waals surface area (Å²) in [5, 5.41) is 51.4. The number of aliphatic hydroxyl groups is 5. The Balaban J connectivity index is 0.000000294. The Bertz CT molecular complexity index is 665. The van der Waals surface area contributed by atoms with Gasteiger partial charge in [0.25, 0.3) is 0 Å². The molecule has 0 amide bonds. The summed E-state index contributed by atoms with van der Waals surface area (Å²) in [6.45, 7) is 1.61. The van der Waals surface area contributed by atoms with E-state index in [9.17, 15) is 10.2 Å². The van der Waals surface area contributed by atoms with Crippen molar-refractivity contribution in [2.45, 2.75) is 165 Å². The van der Waals surface area contributed by atoms with Gasteiger partial charge in [0.15, 0.2) is 0 Å². The smallest absolute Gasteiger partial charge is 0.104 e. The van der Waals surface area contributed by atoms with Gasteiger partial charge in [0.2, 0.25) is 0 Å². The second kappa shape index (κ2) is 23.9. The number of hydrogen-bond acceptors (Lipinski definition) is 10. The Morgan fingerprint density at radius 2 is 0.848 bits per heavy atom. The van der Waals surface area contributed by atoms with Crippen LogP contribution in [0.5, 0.6) is 0 Å². The Hall–Kier alpha value is -0.400. The Kier molecular flexibility index (Phi) is 21.7. The third-order valence-corrected chi connectivity index (χ3v) is 11.1. The maximum atomic E-state index is 9.42. The largest absolute Gasteiger partial charge is 0.394 e. The fraction of sp³-hybridized carbons (Fsp3) is 1.00. The quantitative estimate of drug-likeness (QED) is 0.133. The lowest BCUT2D eigenvalue weighted by atomic mass is 9.75. The monoisotopic (exact) mass is 659 g/mol. The number of ether oxygens (including phenoxy) is 1. The molecule has 0 spiro atoms. The molecule has 1 heterocycles. The molecule has 1 saturated heterocycles. The summed E-state index contributed by atoms with van der Waals surface area (Å²) in [6, 6.07) is 1.99. The van der Waals surface area contributed by atoms with Crippen LogP contribution in [0.3, 0.4) is 0 Å². The average Bonchev–Trinajstić information content (AvgIpc) is 3.92. The van der Waals surface area contributed by atoms with Crippen LogP contribution in [-0.4, -0.2) is 108 Å². The molecule has 0 aromatic rings. The molecule has 0 bridgehead atoms. The molecule has 5 rings (SSSR count). The van der Waals surface area contributed by atoms with E-state index in [0.29, 0.717) is 37.3 Å². The van der Waals surface area contributed by atoms with E-state index in [4.69, 9.17) is 26.8 Å². The summed E-state index contributed by atoms with van der Waals surface area (Å²) in [5.74, 6) is 3.63. The van der Waals surface area contributed by atoms with E-state index in [-0.39, 0.29) is 33.4 Å². The highest BCUT2D eigenvalue weighted by atomic mass is 16.6. The maximum Gasteiger partial charge on any atom is 0.104 e. The predicted molar refractivity (Wildman–Crippen MR) is 186 cm³/mol. The number of hydrogen-bond donors (Lipinski definition) is 9. The maximum absolute atomic E-state index is 9.42. The zero-order valence-corrected chi connectivity index (χ0v) is 28.1. The lowest BCUT2D eigenvalue weighted by Gasteiger charge is -2.35. The van der Waals surface area contributed by atoms with Crippen molar-refractivity contribution in [3.8, 4) is 0 Å². The number of nitrogens with two attached hydrogens (primary N) is 2. The van der Waals surface area contributed by atoms with Crippen molar-refractivity contribution >= 4 is 0 Å². The topological polar surface area (TPSA) is 190 Å². The fourth-order valence-corrected chi connectivity index (χ4v) is 7.90. The highest BCUT2D eigenvalue weighted by molar-refractivity contribution is 4.84. The van der Waals surface area contributed by atoms with Crippen LogP contribution < -0.4 is 22.1 Å². The van der Waals surface area contributed by atoms with Gasteiger partial charge in [-0.3, -0.25) is 0 Å². The minimum atomic E-state index is -0.639. The molecule has 11 N–H and O–H groups in total. The molecule has 0 aromatic heterocycles. The van der Waals surface area contributed by atoms with Gasteiger partial charge in [-0.2, -0.15) is 0 Å². The van der Waals surface area contributed by atoms with Crippen molar-refractivity contribution in [2.24, 2.45) is 35.1 Å². The third kappa shape index (κ3) is 17.8. The van der Waals surface area contributed by atoms with Crippen molar-refractivity contribution in [1.29, 1.82) is 0 Å². The van der Waals surface area contributed by atoms with Gasteiger partial charge < -0.3 is 52.4 Å². The lowest BCUT2D eigenvalue weighted by molar-refractivity contribution is 0.0875. The van der Waals surface area contributed by atoms with Crippen LogP contribution in [-0.2, 0) is 4.74 Å². The first-order chi connectivity index (χ1) is 21.8. The molecule has 4 saturated carbocycles. The van der Waals surface area contributed by atoms with Crippen molar-refractivity contribution in [1.82, 2.24) is 10.6 Å². The van der Waals surface area contributed by atoms with E-state index < -0.39 is 12.2 Å². The van der Waals surface area contributed by atoms with Gasteiger partial charge in [0.1, 0.15) is 6.10 Å². The van der Waals surface area contributed by atoms with Crippen LogP contribution in [0.15, 0.2) is 0 Å². The Labute approximate surface area is 280 Å². The molecule has 1 aliphatic heterocycles. The summed E-state index contributed by atoms with van der Waals surface area (Å²) >= 11 is 0. The molecule has 5 aliphatic rings. The molecule has 4 aliphatic carbocycles. The fourth-order valence-electron chi connectivity index (χ4n) is 7.90. The molecule has 3 unspecified atom stereocenters. The van der Waals surface area contributed by atoms with Crippen LogP contribution >= 0.6 is 0 Å². The van der Waals surface area contributed by atoms with Crippen LogP contribution in [0.1, 0.15) is 123 Å². The molecule has 10 heteroatoms. The van der Waals surface area contributed by atoms with Gasteiger partial charge in [0.05, 0.1) is 38.6 Å². The van der Waals surface area contributed by atoms with Crippen molar-refractivity contribution in [3.05, 3.63) is 0 Å². The molecular weight excluding hydrogens is 584 g/mol. The second-order valence-electron chi connectivity index (χ2n) is 15.1. The summed E-state index contributed by atoms with van der Waals surface area (Å²) in [5.41, 5.74) is 11.9. The van der Waals surface area contributed by atoms with Crippen molar-refractivity contribution in [3.63, 3.8) is 0 Å². The van der Waals surface area contributed by atoms with Crippen LogP contribution in [0.25, 0.3) is 0 Å². The Morgan fingerprint density at radius 1 is 0.543 bits per heavy atom. The standard InChI is InChI=1S/C19H38N2O4.C13H26N2.C3H6O2.CH4/c22-12-18(24)10-20-16-5-1-14(2-6-16)9-15-3-7-17(8-4-15)21-11-19(25)13-23;14-12-5-1-10(2-6-12)9-11-3-7-13(15)8-4-11;4-1-3-2-5-3;/h14-25H,1-13H2;10-13H,1-9,14-15H2;3-4H,1-2H2;1H4. The highest BCUT2D eigenvalue weighted by Gasteiger charge is 2.28. The summed E-state index contributed by atoms with van der Waals surface area (Å²) in [7, 11) is 0. The van der Waals surface area contributed by atoms with E-state index in [0.717, 1.165) is 30.3 Å². The van der Waals surface area contributed by atoms with Gasteiger partial charge in [-0.05, 0) is 139 Å². The van der Waals surface area contributed by atoms with E-state index in [1.54, 1.807) is 0 Å². The summed E-state index contributed by atoms with van der Waals surface area (Å²) in [4.78, 5) is 0. The molecule has 10 nitrogen and oxygen atoms in total. The van der Waals surface area contributed by atoms with Gasteiger partial charge in [-0.15, -0.1) is 0 Å². The first-order valence-corrected chi connectivity index (χ1v) is 18.6. The van der Waals surface area contributed by atoms with Crippen LogP contribution in [0.4, 0.5) is 0 Å². The molecule has 46 heavy (non-hydrogen) atoms. The summed E-state index contributed by atoms with van der Waals surface area (Å²) < 4.78 is 4.61. The Morgan fingerprint density at radius 3 is 1.09 bits per heavy atom. The number of epoxide rings is 1. The molecule has 5 fully saturated rings. The van der Waals surface area contributed by atoms with Gasteiger partial charge in [-0.1, -0.05) is 7.43 Å². The predicted octanol–water partition coefficient (Wildman–Crippen LogP) is 2.80. The van der Waals surface area contributed by atoms with Crippen molar-refractivity contribution < 1.29 is 30.3 Å². The van der Waals surface area contributed by atoms with Gasteiger partial charge >= 0.3 is 0 Å². The van der Waals surface area contributed by atoms with E-state index in [1.165, 1.54) is 116 Å². The molecule has 3 atom stereocenters. The third-order valence-electron chi connectivity index (χ3n) is 11.1. The van der Waals surface area contributed by atoms with Gasteiger partial charge in [-0.25, -0.2) is 0 Å². The van der Waals surface area contributed by atoms with E-state index in [1.807, 2.05) is 0 Å². The normalized spacial score (nSPS) is 35.7. The zero-order chi connectivity index (χ0) is 32.4. The van der Waals surface area contributed by atoms with Gasteiger partial charge in [0, 0.05) is 37.3 Å². The van der Waals surface area contributed by atoms with Crippen LogP contribution in [0, 0.1) is 23.7 Å². The SMILES string of the molecule is C.NC1CCC(CC2CCC(N)CC2)CC1.OCC(O)CNC1CCC(CC2CCC(NCC(O)CO)CC2)CC1.OCC1CO1. The van der Waals surface area contributed by atoms with E-state index in [2.05, 4.69) is 15.4 Å². The second-order valence-corrected chi connectivity index (χ2v) is 15.1. The van der Waals surface area contributed by atoms with E-state index >= 15 is 0 Å². The summed E-state index contributed by atoms with van der Waals surface area (Å²) in [6.07, 6.45) is 22.1. The average molecular weight is 659 g/mol. The molecule has 0 radical (unpaired) electrons. The first kappa shape index (κ1) is 41.8. The van der Waals surface area contributed by atoms with Crippen LogP contribution in [0.2, 0.25) is 0 Å². The minimum Gasteiger partial charge on any atom is -0.394 e. The molecule has 0 aromatic carbocycles. The molecular formula is C36H74N4O6. The number of nitrogens with one attached hydrogen (secondary N) is 2.